The number of ether oxygens (including phenoxy) is 1. The normalized spacial score (nSPS) is 16.3. The fourth-order valence-electron chi connectivity index (χ4n) is 1.41. The van der Waals surface area contributed by atoms with Crippen LogP contribution in [0, 0.1) is 17.5 Å². The molecule has 76 valence electrons. The summed E-state index contributed by atoms with van der Waals surface area (Å²) < 4.78 is 43.6. The van der Waals surface area contributed by atoms with Crippen molar-refractivity contribution in [2.75, 3.05) is 13.8 Å². The molecule has 0 radical (unpaired) electrons. The van der Waals surface area contributed by atoms with E-state index in [4.69, 9.17) is 4.74 Å². The summed E-state index contributed by atoms with van der Waals surface area (Å²) >= 11 is 0. The van der Waals surface area contributed by atoms with Crippen LogP contribution in [0.3, 0.4) is 0 Å². The highest BCUT2D eigenvalue weighted by atomic mass is 19.2. The van der Waals surface area contributed by atoms with E-state index in [2.05, 4.69) is 0 Å². The molecule has 0 atom stereocenters. The third kappa shape index (κ3) is 1.33. The number of hydrogen-bond acceptors (Lipinski definition) is 2. The van der Waals surface area contributed by atoms with Crippen molar-refractivity contribution in [3.8, 4) is 5.75 Å². The maximum atomic E-state index is 13.1. The van der Waals surface area contributed by atoms with E-state index in [-0.39, 0.29) is 12.5 Å². The number of benzene rings is 1. The quantitative estimate of drug-likeness (QED) is 0.597. The molecule has 0 bridgehead atoms. The molecule has 2 nitrogen and oxygen atoms in total. The van der Waals surface area contributed by atoms with Crippen LogP contribution in [-0.4, -0.2) is 18.7 Å². The van der Waals surface area contributed by atoms with Gasteiger partial charge in [-0.1, -0.05) is 0 Å². The minimum Gasteiger partial charge on any atom is -0.475 e. The maximum Gasteiger partial charge on any atom is 0.204 e. The average molecular weight is 203 g/mol. The summed E-state index contributed by atoms with van der Waals surface area (Å²) in [7, 11) is 1.74. The molecule has 1 aromatic rings. The molecule has 1 heterocycles. The first kappa shape index (κ1) is 9.33. The van der Waals surface area contributed by atoms with Crippen LogP contribution in [0.25, 0.3) is 0 Å². The van der Waals surface area contributed by atoms with Crippen LogP contribution in [0.1, 0.15) is 5.56 Å². The van der Waals surface area contributed by atoms with Crippen LogP contribution in [0.5, 0.6) is 5.75 Å². The van der Waals surface area contributed by atoms with Gasteiger partial charge < -0.3 is 4.74 Å². The predicted molar refractivity (Wildman–Crippen MR) is 43.3 cm³/mol. The second-order valence-corrected chi connectivity index (χ2v) is 3.26. The van der Waals surface area contributed by atoms with E-state index in [1.807, 2.05) is 0 Å². The number of fused-ring (bicyclic) bond motifs is 1. The van der Waals surface area contributed by atoms with Crippen molar-refractivity contribution in [1.29, 1.82) is 0 Å². The minimum absolute atomic E-state index is 0.176. The van der Waals surface area contributed by atoms with Gasteiger partial charge in [0.1, 0.15) is 6.73 Å². The van der Waals surface area contributed by atoms with Gasteiger partial charge in [0, 0.05) is 12.1 Å². The van der Waals surface area contributed by atoms with Gasteiger partial charge in [0.15, 0.2) is 17.4 Å². The van der Waals surface area contributed by atoms with Crippen molar-refractivity contribution in [3.63, 3.8) is 0 Å². The highest BCUT2D eigenvalue weighted by Crippen LogP contribution is 2.30. The molecule has 1 aliphatic heterocycles. The van der Waals surface area contributed by atoms with Gasteiger partial charge in [0.2, 0.25) is 5.82 Å². The monoisotopic (exact) mass is 203 g/mol. The Kier molecular flexibility index (Phi) is 2.11. The van der Waals surface area contributed by atoms with Gasteiger partial charge in [-0.15, -0.1) is 0 Å². The maximum absolute atomic E-state index is 13.1. The molecule has 0 aliphatic carbocycles. The summed E-state index contributed by atoms with van der Waals surface area (Å²) in [5, 5.41) is 0. The van der Waals surface area contributed by atoms with Crippen molar-refractivity contribution in [2.24, 2.45) is 0 Å². The molecule has 14 heavy (non-hydrogen) atoms. The van der Waals surface area contributed by atoms with Gasteiger partial charge in [-0.25, -0.2) is 8.78 Å². The van der Waals surface area contributed by atoms with Crippen molar-refractivity contribution in [3.05, 3.63) is 29.1 Å². The average Bonchev–Trinajstić information content (AvgIpc) is 2.14. The van der Waals surface area contributed by atoms with E-state index in [1.165, 1.54) is 0 Å². The zero-order valence-corrected chi connectivity index (χ0v) is 7.48. The van der Waals surface area contributed by atoms with E-state index in [9.17, 15) is 13.2 Å². The van der Waals surface area contributed by atoms with E-state index in [1.54, 1.807) is 11.9 Å². The van der Waals surface area contributed by atoms with Crippen LogP contribution in [0.15, 0.2) is 6.07 Å². The number of hydrogen-bond donors (Lipinski definition) is 0. The lowest BCUT2D eigenvalue weighted by molar-refractivity contribution is 0.114. The number of rotatable bonds is 0. The molecule has 0 spiro atoms. The lowest BCUT2D eigenvalue weighted by Gasteiger charge is -2.25. The summed E-state index contributed by atoms with van der Waals surface area (Å²) in [6.45, 7) is 0.526. The molecule has 0 amide bonds. The summed E-state index contributed by atoms with van der Waals surface area (Å²) in [6.07, 6.45) is 0. The van der Waals surface area contributed by atoms with Crippen molar-refractivity contribution >= 4 is 0 Å². The SMILES string of the molecule is CN1COc2c(cc(F)c(F)c2F)C1. The Morgan fingerprint density at radius 3 is 2.71 bits per heavy atom. The molecule has 0 saturated heterocycles. The Morgan fingerprint density at radius 1 is 1.29 bits per heavy atom. The standard InChI is InChI=1S/C9H8F3NO/c1-13-3-5-2-6(10)7(11)8(12)9(5)14-4-13/h2H,3-4H2,1H3. The largest absolute Gasteiger partial charge is 0.475 e. The van der Waals surface area contributed by atoms with Gasteiger partial charge in [-0.2, -0.15) is 4.39 Å². The summed E-state index contributed by atoms with van der Waals surface area (Å²) in [6, 6.07) is 0.962. The number of nitrogens with zero attached hydrogens (tertiary/aromatic N) is 1. The van der Waals surface area contributed by atoms with Gasteiger partial charge in [0.25, 0.3) is 0 Å². The Balaban J connectivity index is 2.54. The van der Waals surface area contributed by atoms with Crippen molar-refractivity contribution in [1.82, 2.24) is 4.90 Å². The molecule has 1 aromatic carbocycles. The summed E-state index contributed by atoms with van der Waals surface area (Å²) in [4.78, 5) is 1.72. The second-order valence-electron chi connectivity index (χ2n) is 3.26. The molecular formula is C9H8F3NO. The smallest absolute Gasteiger partial charge is 0.204 e. The minimum atomic E-state index is -1.48. The van der Waals surface area contributed by atoms with Crippen LogP contribution in [0.4, 0.5) is 13.2 Å². The van der Waals surface area contributed by atoms with Crippen LogP contribution < -0.4 is 4.74 Å². The molecule has 0 aromatic heterocycles. The van der Waals surface area contributed by atoms with E-state index >= 15 is 0 Å². The molecule has 0 saturated carbocycles. The van der Waals surface area contributed by atoms with Crippen molar-refractivity contribution in [2.45, 2.75) is 6.54 Å². The first-order chi connectivity index (χ1) is 6.59. The number of halogens is 3. The first-order valence-corrected chi connectivity index (χ1v) is 4.07. The fraction of sp³-hybridized carbons (Fsp3) is 0.333. The molecule has 1 aliphatic rings. The van der Waals surface area contributed by atoms with Crippen LogP contribution >= 0.6 is 0 Å². The highest BCUT2D eigenvalue weighted by molar-refractivity contribution is 5.37. The third-order valence-electron chi connectivity index (χ3n) is 2.06. The Bertz CT molecular complexity index is 381. The van der Waals surface area contributed by atoms with Gasteiger partial charge in [0.05, 0.1) is 0 Å². The molecule has 0 N–H and O–H groups in total. The third-order valence-corrected chi connectivity index (χ3v) is 2.06. The lowest BCUT2D eigenvalue weighted by atomic mass is 10.1. The molecular weight excluding hydrogens is 195 g/mol. The molecule has 2 rings (SSSR count). The van der Waals surface area contributed by atoms with E-state index < -0.39 is 17.5 Å². The molecule has 0 unspecified atom stereocenters. The Hall–Kier alpha value is -1.23. The zero-order valence-electron chi connectivity index (χ0n) is 7.48. The fourth-order valence-corrected chi connectivity index (χ4v) is 1.41. The zero-order chi connectivity index (χ0) is 10.3. The van der Waals surface area contributed by atoms with Crippen LogP contribution in [0.2, 0.25) is 0 Å². The summed E-state index contributed by atoms with van der Waals surface area (Å²) in [5.41, 5.74) is 0.329. The first-order valence-electron chi connectivity index (χ1n) is 4.07. The highest BCUT2D eigenvalue weighted by Gasteiger charge is 2.23. The second kappa shape index (κ2) is 3.16. The van der Waals surface area contributed by atoms with Crippen molar-refractivity contribution < 1.29 is 17.9 Å². The van der Waals surface area contributed by atoms with Gasteiger partial charge in [-0.3, -0.25) is 4.90 Å². The van der Waals surface area contributed by atoms with E-state index in [0.717, 1.165) is 6.07 Å². The summed E-state index contributed by atoms with van der Waals surface area (Å²) in [5.74, 6) is -4.08. The van der Waals surface area contributed by atoms with Gasteiger partial charge in [-0.05, 0) is 13.1 Å². The molecule has 5 heteroatoms. The lowest BCUT2D eigenvalue weighted by Crippen LogP contribution is -2.29. The van der Waals surface area contributed by atoms with Gasteiger partial charge >= 0.3 is 0 Å². The Morgan fingerprint density at radius 2 is 2.00 bits per heavy atom. The topological polar surface area (TPSA) is 12.5 Å². The Labute approximate surface area is 78.9 Å². The molecule has 0 fully saturated rings. The predicted octanol–water partition coefficient (Wildman–Crippen LogP) is 1.89. The van der Waals surface area contributed by atoms with E-state index in [0.29, 0.717) is 12.1 Å². The van der Waals surface area contributed by atoms with Crippen LogP contribution in [-0.2, 0) is 6.54 Å².